The maximum atomic E-state index is 13.0. The molecule has 2 heterocycles. The van der Waals surface area contributed by atoms with Gasteiger partial charge < -0.3 is 9.72 Å². The zero-order valence-corrected chi connectivity index (χ0v) is 10.6. The van der Waals surface area contributed by atoms with E-state index in [1.165, 1.54) is 12.1 Å². The Bertz CT molecular complexity index is 685. The molecule has 96 valence electrons. The number of nitrogens with zero attached hydrogens (tertiary/aromatic N) is 2. The molecule has 3 aromatic rings. The van der Waals surface area contributed by atoms with Crippen molar-refractivity contribution in [1.82, 2.24) is 9.38 Å². The van der Waals surface area contributed by atoms with Gasteiger partial charge in [-0.2, -0.15) is 0 Å². The highest BCUT2D eigenvalue weighted by Gasteiger charge is 2.03. The molecule has 4 heteroatoms. The molecule has 0 aliphatic rings. The van der Waals surface area contributed by atoms with Gasteiger partial charge in [0.05, 0.1) is 12.2 Å². The molecule has 2 aromatic heterocycles. The van der Waals surface area contributed by atoms with Crippen LogP contribution in [-0.2, 0) is 6.54 Å². The van der Waals surface area contributed by atoms with Gasteiger partial charge >= 0.3 is 0 Å². The number of hydrogen-bond acceptors (Lipinski definition) is 2. The van der Waals surface area contributed by atoms with E-state index in [1.54, 1.807) is 6.07 Å². The van der Waals surface area contributed by atoms with Crippen LogP contribution in [0.15, 0.2) is 48.8 Å². The first-order valence-corrected chi connectivity index (χ1v) is 6.15. The second kappa shape index (κ2) is 4.72. The molecule has 0 saturated heterocycles. The number of anilines is 1. The topological polar surface area (TPSA) is 29.3 Å². The lowest BCUT2D eigenvalue weighted by Gasteiger charge is -2.07. The van der Waals surface area contributed by atoms with Gasteiger partial charge in [-0.1, -0.05) is 6.07 Å². The van der Waals surface area contributed by atoms with Crippen LogP contribution < -0.4 is 5.32 Å². The number of rotatable bonds is 3. The van der Waals surface area contributed by atoms with Crippen molar-refractivity contribution in [3.05, 3.63) is 65.9 Å². The molecule has 0 saturated carbocycles. The predicted octanol–water partition coefficient (Wildman–Crippen LogP) is 3.39. The smallest absolute Gasteiger partial charge is 0.137 e. The minimum atomic E-state index is -0.212. The lowest BCUT2D eigenvalue weighted by atomic mass is 10.2. The number of benzene rings is 1. The summed E-state index contributed by atoms with van der Waals surface area (Å²) in [5.74, 6) is -0.212. The highest BCUT2D eigenvalue weighted by Crippen LogP contribution is 2.16. The molecule has 0 radical (unpaired) electrons. The summed E-state index contributed by atoms with van der Waals surface area (Å²) in [6, 6.07) is 10.6. The van der Waals surface area contributed by atoms with Crippen LogP contribution in [0.1, 0.15) is 11.3 Å². The molecule has 0 spiro atoms. The van der Waals surface area contributed by atoms with E-state index in [0.717, 1.165) is 22.6 Å². The molecule has 3 rings (SSSR count). The molecule has 0 atom stereocenters. The van der Waals surface area contributed by atoms with Crippen molar-refractivity contribution in [2.75, 3.05) is 5.32 Å². The van der Waals surface area contributed by atoms with Gasteiger partial charge in [0, 0.05) is 18.1 Å². The SMILES string of the molecule is Cc1cc(F)ccc1NCc1cn2ccccc2n1. The normalized spacial score (nSPS) is 10.8. The fourth-order valence-corrected chi connectivity index (χ4v) is 2.08. The van der Waals surface area contributed by atoms with Crippen molar-refractivity contribution >= 4 is 11.3 Å². The zero-order chi connectivity index (χ0) is 13.2. The highest BCUT2D eigenvalue weighted by atomic mass is 19.1. The summed E-state index contributed by atoms with van der Waals surface area (Å²) in [5, 5.41) is 3.27. The molecule has 1 aromatic carbocycles. The first kappa shape index (κ1) is 11.7. The van der Waals surface area contributed by atoms with Crippen molar-refractivity contribution in [2.24, 2.45) is 0 Å². The summed E-state index contributed by atoms with van der Waals surface area (Å²) in [4.78, 5) is 4.50. The van der Waals surface area contributed by atoms with Crippen LogP contribution in [0.5, 0.6) is 0 Å². The molecule has 19 heavy (non-hydrogen) atoms. The van der Waals surface area contributed by atoms with Gasteiger partial charge in [-0.3, -0.25) is 0 Å². The summed E-state index contributed by atoms with van der Waals surface area (Å²) < 4.78 is 15.0. The molecular formula is C15H14FN3. The molecular weight excluding hydrogens is 241 g/mol. The van der Waals surface area contributed by atoms with Crippen molar-refractivity contribution in [3.8, 4) is 0 Å². The van der Waals surface area contributed by atoms with Crippen LogP contribution in [0.4, 0.5) is 10.1 Å². The van der Waals surface area contributed by atoms with Gasteiger partial charge in [-0.05, 0) is 42.8 Å². The van der Waals surface area contributed by atoms with E-state index in [1.807, 2.05) is 41.9 Å². The second-order valence-electron chi connectivity index (χ2n) is 4.51. The fourth-order valence-electron chi connectivity index (χ4n) is 2.08. The van der Waals surface area contributed by atoms with Gasteiger partial charge in [0.2, 0.25) is 0 Å². The fraction of sp³-hybridized carbons (Fsp3) is 0.133. The quantitative estimate of drug-likeness (QED) is 0.777. The Kier molecular flexibility index (Phi) is 2.91. The van der Waals surface area contributed by atoms with E-state index in [2.05, 4.69) is 10.3 Å². The third-order valence-corrected chi connectivity index (χ3v) is 3.06. The lowest BCUT2D eigenvalue weighted by molar-refractivity contribution is 0.627. The van der Waals surface area contributed by atoms with E-state index in [4.69, 9.17) is 0 Å². The number of aromatic nitrogens is 2. The van der Waals surface area contributed by atoms with Gasteiger partial charge in [-0.25, -0.2) is 9.37 Å². The zero-order valence-electron chi connectivity index (χ0n) is 10.6. The number of aryl methyl sites for hydroxylation is 1. The van der Waals surface area contributed by atoms with Crippen molar-refractivity contribution in [2.45, 2.75) is 13.5 Å². The average Bonchev–Trinajstić information content (AvgIpc) is 2.80. The van der Waals surface area contributed by atoms with Gasteiger partial charge in [0.1, 0.15) is 11.5 Å². The average molecular weight is 255 g/mol. The number of hydrogen-bond donors (Lipinski definition) is 1. The van der Waals surface area contributed by atoms with Gasteiger partial charge in [0.15, 0.2) is 0 Å². The summed E-state index contributed by atoms with van der Waals surface area (Å²) in [7, 11) is 0. The molecule has 0 amide bonds. The summed E-state index contributed by atoms with van der Waals surface area (Å²) in [6.45, 7) is 2.50. The van der Waals surface area contributed by atoms with Crippen molar-refractivity contribution < 1.29 is 4.39 Å². The molecule has 0 bridgehead atoms. The van der Waals surface area contributed by atoms with Crippen LogP contribution in [0.25, 0.3) is 5.65 Å². The Morgan fingerprint density at radius 1 is 1.26 bits per heavy atom. The van der Waals surface area contributed by atoms with E-state index >= 15 is 0 Å². The third-order valence-electron chi connectivity index (χ3n) is 3.06. The van der Waals surface area contributed by atoms with Gasteiger partial charge in [-0.15, -0.1) is 0 Å². The molecule has 0 aliphatic heterocycles. The standard InChI is InChI=1S/C15H14FN3/c1-11-8-12(16)5-6-14(11)17-9-13-10-19-7-3-2-4-15(19)18-13/h2-8,10,17H,9H2,1H3. The second-order valence-corrected chi connectivity index (χ2v) is 4.51. The van der Waals surface area contributed by atoms with E-state index in [-0.39, 0.29) is 5.82 Å². The van der Waals surface area contributed by atoms with Crippen LogP contribution >= 0.6 is 0 Å². The largest absolute Gasteiger partial charge is 0.379 e. The van der Waals surface area contributed by atoms with E-state index in [0.29, 0.717) is 6.54 Å². The summed E-state index contributed by atoms with van der Waals surface area (Å²) in [5.41, 5.74) is 3.70. The Labute approximate surface area is 110 Å². The summed E-state index contributed by atoms with van der Waals surface area (Å²) >= 11 is 0. The highest BCUT2D eigenvalue weighted by molar-refractivity contribution is 5.51. The maximum Gasteiger partial charge on any atom is 0.137 e. The molecule has 3 nitrogen and oxygen atoms in total. The minimum Gasteiger partial charge on any atom is -0.379 e. The lowest BCUT2D eigenvalue weighted by Crippen LogP contribution is -2.01. The third kappa shape index (κ3) is 2.42. The Morgan fingerprint density at radius 2 is 2.16 bits per heavy atom. The predicted molar refractivity (Wildman–Crippen MR) is 73.7 cm³/mol. The Hall–Kier alpha value is -2.36. The number of halogens is 1. The van der Waals surface area contributed by atoms with E-state index in [9.17, 15) is 4.39 Å². The Morgan fingerprint density at radius 3 is 2.95 bits per heavy atom. The number of pyridine rings is 1. The number of nitrogens with one attached hydrogen (secondary N) is 1. The van der Waals surface area contributed by atoms with Crippen molar-refractivity contribution in [1.29, 1.82) is 0 Å². The first-order chi connectivity index (χ1) is 9.22. The van der Waals surface area contributed by atoms with Crippen LogP contribution in [0.3, 0.4) is 0 Å². The number of fused-ring (bicyclic) bond motifs is 1. The maximum absolute atomic E-state index is 13.0. The van der Waals surface area contributed by atoms with Crippen molar-refractivity contribution in [3.63, 3.8) is 0 Å². The van der Waals surface area contributed by atoms with Crippen LogP contribution in [-0.4, -0.2) is 9.38 Å². The van der Waals surface area contributed by atoms with Crippen LogP contribution in [0.2, 0.25) is 0 Å². The molecule has 1 N–H and O–H groups in total. The monoisotopic (exact) mass is 255 g/mol. The van der Waals surface area contributed by atoms with Crippen LogP contribution in [0, 0.1) is 12.7 Å². The molecule has 0 unspecified atom stereocenters. The first-order valence-electron chi connectivity index (χ1n) is 6.15. The van der Waals surface area contributed by atoms with E-state index < -0.39 is 0 Å². The Balaban J connectivity index is 1.78. The summed E-state index contributed by atoms with van der Waals surface area (Å²) in [6.07, 6.45) is 3.95. The number of imidazole rings is 1. The minimum absolute atomic E-state index is 0.212. The molecule has 0 fully saturated rings. The van der Waals surface area contributed by atoms with Gasteiger partial charge in [0.25, 0.3) is 0 Å². The molecule has 0 aliphatic carbocycles.